The quantitative estimate of drug-likeness (QED) is 0.555. The highest BCUT2D eigenvalue weighted by Gasteiger charge is 2.34. The van der Waals surface area contributed by atoms with Gasteiger partial charge in [-0.2, -0.15) is 0 Å². The van der Waals surface area contributed by atoms with Crippen LogP contribution in [0.3, 0.4) is 0 Å². The third-order valence-corrected chi connectivity index (χ3v) is 8.24. The van der Waals surface area contributed by atoms with E-state index in [0.717, 1.165) is 48.1 Å². The maximum absolute atomic E-state index is 13.4. The molecule has 2 amide bonds. The van der Waals surface area contributed by atoms with E-state index in [0.29, 0.717) is 36.2 Å². The SMILES string of the molecule is CC(C)(C)C1CCc2c(sc(NC(=O)CN3CCOCC3)c2C(=O)Nc2ccc(Br)cc2)C1. The second-order valence-electron chi connectivity index (χ2n) is 9.91. The first-order valence-electron chi connectivity index (χ1n) is 11.5. The van der Waals surface area contributed by atoms with Crippen LogP contribution < -0.4 is 10.6 Å². The molecular formula is C25H32BrN3O3S. The highest BCUT2D eigenvalue weighted by molar-refractivity contribution is 9.10. The van der Waals surface area contributed by atoms with Crippen molar-refractivity contribution >= 4 is 49.8 Å². The minimum atomic E-state index is -0.161. The number of nitrogens with one attached hydrogen (secondary N) is 2. The fourth-order valence-electron chi connectivity index (χ4n) is 4.51. The molecule has 2 N–H and O–H groups in total. The van der Waals surface area contributed by atoms with Gasteiger partial charge < -0.3 is 15.4 Å². The van der Waals surface area contributed by atoms with Gasteiger partial charge in [-0.1, -0.05) is 36.7 Å². The van der Waals surface area contributed by atoms with E-state index < -0.39 is 0 Å². The van der Waals surface area contributed by atoms with Gasteiger partial charge >= 0.3 is 0 Å². The van der Waals surface area contributed by atoms with Gasteiger partial charge in [0.1, 0.15) is 5.00 Å². The molecule has 0 spiro atoms. The Hall–Kier alpha value is -1.74. The molecule has 8 heteroatoms. The molecule has 178 valence electrons. The number of halogens is 1. The minimum absolute atomic E-state index is 0.0828. The van der Waals surface area contributed by atoms with E-state index in [1.165, 1.54) is 4.88 Å². The van der Waals surface area contributed by atoms with Crippen molar-refractivity contribution in [2.75, 3.05) is 43.5 Å². The van der Waals surface area contributed by atoms with Crippen molar-refractivity contribution in [1.29, 1.82) is 0 Å². The van der Waals surface area contributed by atoms with Crippen LogP contribution >= 0.6 is 27.3 Å². The lowest BCUT2D eigenvalue weighted by atomic mass is 9.72. The highest BCUT2D eigenvalue weighted by atomic mass is 79.9. The van der Waals surface area contributed by atoms with E-state index in [-0.39, 0.29) is 17.2 Å². The number of hydrogen-bond acceptors (Lipinski definition) is 5. The molecule has 1 saturated heterocycles. The Balaban J connectivity index is 1.58. The van der Waals surface area contributed by atoms with Gasteiger partial charge in [0, 0.05) is 28.1 Å². The fraction of sp³-hybridized carbons (Fsp3) is 0.520. The monoisotopic (exact) mass is 533 g/mol. The van der Waals surface area contributed by atoms with E-state index in [2.05, 4.69) is 52.2 Å². The number of fused-ring (bicyclic) bond motifs is 1. The Kier molecular flexibility index (Phi) is 7.58. The molecule has 1 aliphatic carbocycles. The van der Waals surface area contributed by atoms with E-state index in [1.54, 1.807) is 11.3 Å². The van der Waals surface area contributed by atoms with Crippen molar-refractivity contribution in [3.05, 3.63) is 44.7 Å². The molecule has 0 bridgehead atoms. The number of ether oxygens (including phenoxy) is 1. The molecule has 1 fully saturated rings. The molecule has 1 aromatic carbocycles. The van der Waals surface area contributed by atoms with Gasteiger partial charge in [-0.05, 0) is 60.4 Å². The zero-order valence-electron chi connectivity index (χ0n) is 19.5. The molecular weight excluding hydrogens is 502 g/mol. The summed E-state index contributed by atoms with van der Waals surface area (Å²) in [6, 6.07) is 7.54. The standard InChI is InChI=1S/C25H32BrN3O3S/c1-25(2,3)16-4-9-19-20(14-16)33-24(28-21(30)15-29-10-12-32-13-11-29)22(19)23(31)27-18-7-5-17(26)6-8-18/h5-8,16H,4,9-15H2,1-3H3,(H,27,31)(H,28,30). The second-order valence-corrected chi connectivity index (χ2v) is 11.9. The molecule has 2 aliphatic rings. The zero-order chi connectivity index (χ0) is 23.6. The van der Waals surface area contributed by atoms with Gasteiger partial charge in [0.25, 0.3) is 5.91 Å². The zero-order valence-corrected chi connectivity index (χ0v) is 21.9. The minimum Gasteiger partial charge on any atom is -0.379 e. The van der Waals surface area contributed by atoms with E-state index >= 15 is 0 Å². The molecule has 33 heavy (non-hydrogen) atoms. The van der Waals surface area contributed by atoms with Crippen molar-refractivity contribution in [2.45, 2.75) is 40.0 Å². The Morgan fingerprint density at radius 2 is 1.85 bits per heavy atom. The molecule has 2 aromatic rings. The van der Waals surface area contributed by atoms with Crippen LogP contribution in [0.2, 0.25) is 0 Å². The van der Waals surface area contributed by atoms with Crippen molar-refractivity contribution in [2.24, 2.45) is 11.3 Å². The number of morpholine rings is 1. The summed E-state index contributed by atoms with van der Waals surface area (Å²) in [5.41, 5.74) is 2.66. The molecule has 1 atom stereocenters. The number of benzene rings is 1. The van der Waals surface area contributed by atoms with Crippen LogP contribution in [0.25, 0.3) is 0 Å². The first kappa shape index (κ1) is 24.4. The summed E-state index contributed by atoms with van der Waals surface area (Å²) in [7, 11) is 0. The van der Waals surface area contributed by atoms with Crippen molar-refractivity contribution in [3.8, 4) is 0 Å². The Morgan fingerprint density at radius 3 is 2.52 bits per heavy atom. The predicted molar refractivity (Wildman–Crippen MR) is 137 cm³/mol. The fourth-order valence-corrected chi connectivity index (χ4v) is 6.11. The Bertz CT molecular complexity index is 1010. The van der Waals surface area contributed by atoms with Crippen LogP contribution in [0.15, 0.2) is 28.7 Å². The third-order valence-electron chi connectivity index (χ3n) is 6.54. The second kappa shape index (κ2) is 10.3. The Morgan fingerprint density at radius 1 is 1.15 bits per heavy atom. The van der Waals surface area contributed by atoms with Crippen molar-refractivity contribution < 1.29 is 14.3 Å². The largest absolute Gasteiger partial charge is 0.379 e. The number of nitrogens with zero attached hydrogens (tertiary/aromatic N) is 1. The maximum atomic E-state index is 13.4. The number of amides is 2. The van der Waals surface area contributed by atoms with Gasteiger partial charge in [0.2, 0.25) is 5.91 Å². The lowest BCUT2D eigenvalue weighted by Crippen LogP contribution is -2.41. The molecule has 4 rings (SSSR count). The van der Waals surface area contributed by atoms with Crippen LogP contribution in [0, 0.1) is 11.3 Å². The predicted octanol–water partition coefficient (Wildman–Crippen LogP) is 5.18. The summed E-state index contributed by atoms with van der Waals surface area (Å²) >= 11 is 5.00. The third kappa shape index (κ3) is 6.04. The first-order chi connectivity index (χ1) is 15.7. The molecule has 0 saturated carbocycles. The number of rotatable bonds is 5. The average Bonchev–Trinajstić information content (AvgIpc) is 3.12. The molecule has 0 radical (unpaired) electrons. The van der Waals surface area contributed by atoms with Crippen LogP contribution in [0.5, 0.6) is 0 Å². The lowest BCUT2D eigenvalue weighted by Gasteiger charge is -2.33. The number of carbonyl (C=O) groups excluding carboxylic acids is 2. The van der Waals surface area contributed by atoms with Crippen LogP contribution in [0.4, 0.5) is 10.7 Å². The molecule has 1 aromatic heterocycles. The summed E-state index contributed by atoms with van der Waals surface area (Å²) in [5.74, 6) is 0.314. The summed E-state index contributed by atoms with van der Waals surface area (Å²) in [6.07, 6.45) is 2.85. The first-order valence-corrected chi connectivity index (χ1v) is 13.1. The van der Waals surface area contributed by atoms with Gasteiger partial charge in [-0.15, -0.1) is 11.3 Å². The summed E-state index contributed by atoms with van der Waals surface area (Å²) in [6.45, 7) is 9.94. The van der Waals surface area contributed by atoms with Crippen LogP contribution in [0.1, 0.15) is 48.0 Å². The van der Waals surface area contributed by atoms with E-state index in [1.807, 2.05) is 24.3 Å². The number of thiophene rings is 1. The molecule has 1 unspecified atom stereocenters. The Labute approximate surface area is 208 Å². The normalized spacial score (nSPS) is 19.1. The number of carbonyl (C=O) groups is 2. The number of anilines is 2. The van der Waals surface area contributed by atoms with Crippen LogP contribution in [-0.4, -0.2) is 49.6 Å². The summed E-state index contributed by atoms with van der Waals surface area (Å²) in [4.78, 5) is 29.6. The molecule has 1 aliphatic heterocycles. The average molecular weight is 535 g/mol. The van der Waals surface area contributed by atoms with E-state index in [9.17, 15) is 9.59 Å². The topological polar surface area (TPSA) is 70.7 Å². The van der Waals surface area contributed by atoms with Crippen molar-refractivity contribution in [1.82, 2.24) is 4.90 Å². The van der Waals surface area contributed by atoms with Crippen LogP contribution in [-0.2, 0) is 22.4 Å². The molecule has 2 heterocycles. The highest BCUT2D eigenvalue weighted by Crippen LogP contribution is 2.44. The molecule has 6 nitrogen and oxygen atoms in total. The maximum Gasteiger partial charge on any atom is 0.258 e. The smallest absolute Gasteiger partial charge is 0.258 e. The van der Waals surface area contributed by atoms with Gasteiger partial charge in [-0.25, -0.2) is 0 Å². The van der Waals surface area contributed by atoms with Gasteiger partial charge in [-0.3, -0.25) is 14.5 Å². The van der Waals surface area contributed by atoms with Gasteiger partial charge in [0.15, 0.2) is 0 Å². The summed E-state index contributed by atoms with van der Waals surface area (Å²) in [5, 5.41) is 6.77. The van der Waals surface area contributed by atoms with Crippen molar-refractivity contribution in [3.63, 3.8) is 0 Å². The van der Waals surface area contributed by atoms with Gasteiger partial charge in [0.05, 0.1) is 25.3 Å². The number of hydrogen-bond donors (Lipinski definition) is 2. The lowest BCUT2D eigenvalue weighted by molar-refractivity contribution is -0.118. The van der Waals surface area contributed by atoms with E-state index in [4.69, 9.17) is 4.74 Å². The summed E-state index contributed by atoms with van der Waals surface area (Å²) < 4.78 is 6.34.